The van der Waals surface area contributed by atoms with Gasteiger partial charge in [-0.1, -0.05) is 12.1 Å². The van der Waals surface area contributed by atoms with Crippen LogP contribution in [-0.4, -0.2) is 18.7 Å². The van der Waals surface area contributed by atoms with E-state index in [4.69, 9.17) is 0 Å². The normalized spacial score (nSPS) is 9.86. The standard InChI is InChI=1S/C11H15NOS/c1-3-12-11(13)10-6-4-9(5-7-10)8-14-2/h4-7H,3,8H2,1-2H3,(H,12,13). The molecule has 0 aromatic heterocycles. The van der Waals surface area contributed by atoms with E-state index < -0.39 is 0 Å². The van der Waals surface area contributed by atoms with Crippen LogP contribution in [0.3, 0.4) is 0 Å². The Labute approximate surface area is 89.1 Å². The molecule has 0 radical (unpaired) electrons. The van der Waals surface area contributed by atoms with E-state index in [1.807, 2.05) is 31.2 Å². The smallest absolute Gasteiger partial charge is 0.251 e. The molecule has 0 bridgehead atoms. The average Bonchev–Trinajstić information content (AvgIpc) is 2.20. The number of rotatable bonds is 4. The van der Waals surface area contributed by atoms with E-state index >= 15 is 0 Å². The maximum atomic E-state index is 11.4. The Kier molecular flexibility index (Phi) is 4.53. The highest BCUT2D eigenvalue weighted by atomic mass is 32.2. The fourth-order valence-corrected chi connectivity index (χ4v) is 1.71. The van der Waals surface area contributed by atoms with E-state index in [1.54, 1.807) is 11.8 Å². The molecule has 0 unspecified atom stereocenters. The zero-order valence-corrected chi connectivity index (χ0v) is 9.36. The van der Waals surface area contributed by atoms with Gasteiger partial charge in [0.25, 0.3) is 5.91 Å². The third kappa shape index (κ3) is 3.07. The molecular weight excluding hydrogens is 194 g/mol. The first-order valence-corrected chi connectivity index (χ1v) is 6.03. The number of nitrogens with one attached hydrogen (secondary N) is 1. The van der Waals surface area contributed by atoms with Crippen LogP contribution in [0.1, 0.15) is 22.8 Å². The van der Waals surface area contributed by atoms with Crippen molar-refractivity contribution < 1.29 is 4.79 Å². The largest absolute Gasteiger partial charge is 0.352 e. The van der Waals surface area contributed by atoms with Crippen molar-refractivity contribution in [2.75, 3.05) is 12.8 Å². The molecular formula is C11H15NOS. The number of hydrogen-bond acceptors (Lipinski definition) is 2. The molecule has 0 fully saturated rings. The summed E-state index contributed by atoms with van der Waals surface area (Å²) in [7, 11) is 0. The zero-order chi connectivity index (χ0) is 10.4. The minimum atomic E-state index is 0.00296. The van der Waals surface area contributed by atoms with Gasteiger partial charge in [-0.2, -0.15) is 11.8 Å². The van der Waals surface area contributed by atoms with E-state index in [9.17, 15) is 4.79 Å². The number of carbonyl (C=O) groups excluding carboxylic acids is 1. The molecule has 0 heterocycles. The van der Waals surface area contributed by atoms with Crippen molar-refractivity contribution in [3.63, 3.8) is 0 Å². The third-order valence-electron chi connectivity index (χ3n) is 1.86. The van der Waals surface area contributed by atoms with Crippen molar-refractivity contribution in [3.8, 4) is 0 Å². The van der Waals surface area contributed by atoms with Crippen LogP contribution in [0.25, 0.3) is 0 Å². The summed E-state index contributed by atoms with van der Waals surface area (Å²) in [5.41, 5.74) is 1.99. The number of amides is 1. The highest BCUT2D eigenvalue weighted by Gasteiger charge is 2.02. The molecule has 0 atom stereocenters. The van der Waals surface area contributed by atoms with Crippen LogP contribution < -0.4 is 5.32 Å². The summed E-state index contributed by atoms with van der Waals surface area (Å²) < 4.78 is 0. The lowest BCUT2D eigenvalue weighted by Crippen LogP contribution is -2.22. The van der Waals surface area contributed by atoms with Gasteiger partial charge in [0.1, 0.15) is 0 Å². The van der Waals surface area contributed by atoms with Crippen molar-refractivity contribution in [1.29, 1.82) is 0 Å². The second-order valence-corrected chi connectivity index (χ2v) is 3.86. The Balaban J connectivity index is 2.67. The Morgan fingerprint density at radius 2 is 2.00 bits per heavy atom. The summed E-state index contributed by atoms with van der Waals surface area (Å²) in [4.78, 5) is 11.4. The highest BCUT2D eigenvalue weighted by Crippen LogP contribution is 2.10. The zero-order valence-electron chi connectivity index (χ0n) is 8.54. The van der Waals surface area contributed by atoms with Crippen molar-refractivity contribution in [2.24, 2.45) is 0 Å². The van der Waals surface area contributed by atoms with Gasteiger partial charge in [0.05, 0.1) is 0 Å². The lowest BCUT2D eigenvalue weighted by Gasteiger charge is -2.03. The summed E-state index contributed by atoms with van der Waals surface area (Å²) in [5, 5.41) is 2.77. The van der Waals surface area contributed by atoms with Gasteiger partial charge < -0.3 is 5.32 Å². The van der Waals surface area contributed by atoms with E-state index in [2.05, 4.69) is 11.6 Å². The van der Waals surface area contributed by atoms with Crippen molar-refractivity contribution >= 4 is 17.7 Å². The molecule has 0 aliphatic heterocycles. The van der Waals surface area contributed by atoms with Gasteiger partial charge in [0.2, 0.25) is 0 Å². The second-order valence-electron chi connectivity index (χ2n) is 2.99. The molecule has 1 amide bonds. The van der Waals surface area contributed by atoms with Gasteiger partial charge in [0, 0.05) is 17.9 Å². The van der Waals surface area contributed by atoms with Crippen LogP contribution in [0.15, 0.2) is 24.3 Å². The number of carbonyl (C=O) groups is 1. The van der Waals surface area contributed by atoms with Gasteiger partial charge in [-0.25, -0.2) is 0 Å². The maximum absolute atomic E-state index is 11.4. The topological polar surface area (TPSA) is 29.1 Å². The first-order chi connectivity index (χ1) is 6.77. The maximum Gasteiger partial charge on any atom is 0.251 e. The average molecular weight is 209 g/mol. The van der Waals surface area contributed by atoms with Gasteiger partial charge in [-0.3, -0.25) is 4.79 Å². The summed E-state index contributed by atoms with van der Waals surface area (Å²) in [6.45, 7) is 2.59. The van der Waals surface area contributed by atoms with Crippen LogP contribution in [0.5, 0.6) is 0 Å². The van der Waals surface area contributed by atoms with E-state index in [1.165, 1.54) is 5.56 Å². The predicted octanol–water partition coefficient (Wildman–Crippen LogP) is 2.30. The molecule has 2 nitrogen and oxygen atoms in total. The van der Waals surface area contributed by atoms with Crippen molar-refractivity contribution in [2.45, 2.75) is 12.7 Å². The lowest BCUT2D eigenvalue weighted by molar-refractivity contribution is 0.0956. The fourth-order valence-electron chi connectivity index (χ4n) is 1.18. The molecule has 0 saturated carbocycles. The van der Waals surface area contributed by atoms with Crippen LogP contribution in [0.4, 0.5) is 0 Å². The fraction of sp³-hybridized carbons (Fsp3) is 0.364. The molecule has 1 N–H and O–H groups in total. The van der Waals surface area contributed by atoms with E-state index in [0.29, 0.717) is 6.54 Å². The molecule has 0 spiro atoms. The Hall–Kier alpha value is -0.960. The molecule has 0 aliphatic rings. The summed E-state index contributed by atoms with van der Waals surface area (Å²) in [5.74, 6) is 0.999. The first kappa shape index (κ1) is 11.1. The first-order valence-electron chi connectivity index (χ1n) is 4.64. The molecule has 1 aromatic rings. The van der Waals surface area contributed by atoms with Crippen molar-refractivity contribution in [1.82, 2.24) is 5.32 Å². The number of benzene rings is 1. The SMILES string of the molecule is CCNC(=O)c1ccc(CSC)cc1. The lowest BCUT2D eigenvalue weighted by atomic mass is 10.1. The summed E-state index contributed by atoms with van der Waals surface area (Å²) in [6.07, 6.45) is 2.07. The molecule has 76 valence electrons. The van der Waals surface area contributed by atoms with E-state index in [-0.39, 0.29) is 5.91 Å². The monoisotopic (exact) mass is 209 g/mol. The Morgan fingerprint density at radius 1 is 1.36 bits per heavy atom. The molecule has 1 aromatic carbocycles. The summed E-state index contributed by atoms with van der Waals surface area (Å²) in [6, 6.07) is 7.75. The number of hydrogen-bond donors (Lipinski definition) is 1. The highest BCUT2D eigenvalue weighted by molar-refractivity contribution is 7.97. The number of thioether (sulfide) groups is 1. The molecule has 0 saturated heterocycles. The second kappa shape index (κ2) is 5.70. The quantitative estimate of drug-likeness (QED) is 0.824. The van der Waals surface area contributed by atoms with Gasteiger partial charge in [-0.05, 0) is 30.9 Å². The minimum Gasteiger partial charge on any atom is -0.352 e. The summed E-state index contributed by atoms with van der Waals surface area (Å²) >= 11 is 1.78. The third-order valence-corrected chi connectivity index (χ3v) is 2.49. The Morgan fingerprint density at radius 3 is 2.50 bits per heavy atom. The molecule has 14 heavy (non-hydrogen) atoms. The van der Waals surface area contributed by atoms with Crippen LogP contribution in [-0.2, 0) is 5.75 Å². The van der Waals surface area contributed by atoms with E-state index in [0.717, 1.165) is 11.3 Å². The molecule has 0 aliphatic carbocycles. The van der Waals surface area contributed by atoms with Gasteiger partial charge in [-0.15, -0.1) is 0 Å². The predicted molar refractivity (Wildman–Crippen MR) is 61.7 cm³/mol. The molecule has 1 rings (SSSR count). The molecule has 3 heteroatoms. The van der Waals surface area contributed by atoms with Crippen molar-refractivity contribution in [3.05, 3.63) is 35.4 Å². The van der Waals surface area contributed by atoms with Gasteiger partial charge >= 0.3 is 0 Å². The Bertz CT molecular complexity index is 295. The van der Waals surface area contributed by atoms with Crippen LogP contribution in [0, 0.1) is 0 Å². The van der Waals surface area contributed by atoms with Crippen LogP contribution in [0.2, 0.25) is 0 Å². The van der Waals surface area contributed by atoms with Gasteiger partial charge in [0.15, 0.2) is 0 Å². The minimum absolute atomic E-state index is 0.00296. The van der Waals surface area contributed by atoms with Crippen LogP contribution >= 0.6 is 11.8 Å².